The molecule has 0 radical (unpaired) electrons. The lowest BCUT2D eigenvalue weighted by atomic mass is 10.1. The number of methoxy groups -OCH3 is 1. The second-order valence-corrected chi connectivity index (χ2v) is 6.37. The molecule has 4 aromatic rings. The molecule has 0 amide bonds. The number of fused-ring (bicyclic) bond motifs is 1. The molecule has 2 aromatic carbocycles. The second-order valence-electron chi connectivity index (χ2n) is 6.37. The van der Waals surface area contributed by atoms with E-state index in [2.05, 4.69) is 11.1 Å². The number of pyridine rings is 1. The Morgan fingerprint density at radius 1 is 1.04 bits per heavy atom. The molecule has 2 heterocycles. The van der Waals surface area contributed by atoms with Gasteiger partial charge in [0.15, 0.2) is 5.65 Å². The Balaban J connectivity index is 1.89. The minimum atomic E-state index is 0.173. The predicted molar refractivity (Wildman–Crippen MR) is 106 cm³/mol. The van der Waals surface area contributed by atoms with Crippen molar-refractivity contribution in [1.82, 2.24) is 14.8 Å². The molecule has 0 fully saturated rings. The zero-order valence-electron chi connectivity index (χ0n) is 15.2. The number of rotatable bonds is 6. The highest BCUT2D eigenvalue weighted by atomic mass is 16.5. The molecule has 0 saturated carbocycles. The average Bonchev–Trinajstić information content (AvgIpc) is 3.12. The van der Waals surface area contributed by atoms with Crippen LogP contribution in [0.15, 0.2) is 66.9 Å². The van der Waals surface area contributed by atoms with Crippen molar-refractivity contribution in [3.05, 3.63) is 72.4 Å². The van der Waals surface area contributed by atoms with Crippen molar-refractivity contribution in [3.63, 3.8) is 0 Å². The van der Waals surface area contributed by atoms with Crippen molar-refractivity contribution in [3.8, 4) is 22.7 Å². The smallest absolute Gasteiger partial charge is 0.163 e. The number of aromatic nitrogens is 3. The van der Waals surface area contributed by atoms with Crippen LogP contribution in [0.4, 0.5) is 0 Å². The fourth-order valence-electron chi connectivity index (χ4n) is 3.18. The molecule has 2 aromatic heterocycles. The first-order valence-corrected chi connectivity index (χ1v) is 8.98. The van der Waals surface area contributed by atoms with E-state index in [0.29, 0.717) is 0 Å². The summed E-state index contributed by atoms with van der Waals surface area (Å²) >= 11 is 0. The molecule has 0 saturated heterocycles. The fraction of sp³-hybridized carbons (Fsp3) is 0.182. The molecule has 0 spiro atoms. The standard InChI is InChI=1S/C22H21N3O2/c1-27-19-11-9-17(10-12-19)21-20-14-16(6-5-13-26)15-23-22(20)25(24-21)18-7-3-2-4-8-18/h2-4,7-12,14-15,26H,5-6,13H2,1H3. The molecule has 27 heavy (non-hydrogen) atoms. The number of aryl methyl sites for hydroxylation is 1. The lowest BCUT2D eigenvalue weighted by molar-refractivity contribution is 0.288. The maximum atomic E-state index is 9.13. The zero-order valence-corrected chi connectivity index (χ0v) is 15.2. The number of benzene rings is 2. The summed E-state index contributed by atoms with van der Waals surface area (Å²) in [5.41, 5.74) is 4.78. The number of aliphatic hydroxyl groups excluding tert-OH is 1. The number of nitrogens with zero attached hydrogens (tertiary/aromatic N) is 3. The van der Waals surface area contributed by atoms with Crippen LogP contribution in [0.2, 0.25) is 0 Å². The highest BCUT2D eigenvalue weighted by Crippen LogP contribution is 2.30. The molecule has 136 valence electrons. The van der Waals surface area contributed by atoms with Crippen molar-refractivity contribution in [2.45, 2.75) is 12.8 Å². The van der Waals surface area contributed by atoms with Gasteiger partial charge in [0.1, 0.15) is 11.4 Å². The predicted octanol–water partition coefficient (Wildman–Crippen LogP) is 4.02. The maximum Gasteiger partial charge on any atom is 0.163 e. The molecular weight excluding hydrogens is 338 g/mol. The molecule has 4 rings (SSSR count). The molecule has 0 unspecified atom stereocenters. The van der Waals surface area contributed by atoms with E-state index in [1.807, 2.05) is 65.5 Å². The summed E-state index contributed by atoms with van der Waals surface area (Å²) in [6, 6.07) is 20.0. The molecule has 5 heteroatoms. The minimum Gasteiger partial charge on any atom is -0.497 e. The SMILES string of the molecule is COc1ccc(-c2nn(-c3ccccc3)c3ncc(CCCO)cc23)cc1. The zero-order chi connectivity index (χ0) is 18.6. The Hall–Kier alpha value is -3.18. The summed E-state index contributed by atoms with van der Waals surface area (Å²) in [7, 11) is 1.66. The monoisotopic (exact) mass is 359 g/mol. The van der Waals surface area contributed by atoms with Gasteiger partial charge in [0.2, 0.25) is 0 Å². The van der Waals surface area contributed by atoms with E-state index in [9.17, 15) is 0 Å². The summed E-state index contributed by atoms with van der Waals surface area (Å²) in [6.07, 6.45) is 3.38. The lowest BCUT2D eigenvalue weighted by Crippen LogP contribution is -1.98. The molecule has 1 N–H and O–H groups in total. The van der Waals surface area contributed by atoms with Crippen LogP contribution in [-0.4, -0.2) is 33.6 Å². The third kappa shape index (κ3) is 3.41. The van der Waals surface area contributed by atoms with Gasteiger partial charge in [-0.1, -0.05) is 18.2 Å². The van der Waals surface area contributed by atoms with Gasteiger partial charge in [-0.15, -0.1) is 0 Å². The lowest BCUT2D eigenvalue weighted by Gasteiger charge is -2.03. The first-order valence-electron chi connectivity index (χ1n) is 8.98. The van der Waals surface area contributed by atoms with Crippen LogP contribution in [0.3, 0.4) is 0 Å². The normalized spacial score (nSPS) is 11.0. The fourth-order valence-corrected chi connectivity index (χ4v) is 3.18. The molecule has 0 aliphatic carbocycles. The van der Waals surface area contributed by atoms with Gasteiger partial charge >= 0.3 is 0 Å². The summed E-state index contributed by atoms with van der Waals surface area (Å²) in [5.74, 6) is 0.812. The van der Waals surface area contributed by atoms with E-state index >= 15 is 0 Å². The van der Waals surface area contributed by atoms with Crippen LogP contribution in [0.25, 0.3) is 28.0 Å². The van der Waals surface area contributed by atoms with Crippen LogP contribution in [0.1, 0.15) is 12.0 Å². The second kappa shape index (κ2) is 7.60. The van der Waals surface area contributed by atoms with Crippen molar-refractivity contribution in [2.24, 2.45) is 0 Å². The molecule has 0 aliphatic heterocycles. The van der Waals surface area contributed by atoms with E-state index in [4.69, 9.17) is 14.9 Å². The number of aliphatic hydroxyl groups is 1. The van der Waals surface area contributed by atoms with Gasteiger partial charge in [0, 0.05) is 23.8 Å². The van der Waals surface area contributed by atoms with Gasteiger partial charge in [0.25, 0.3) is 0 Å². The average molecular weight is 359 g/mol. The number of hydrogen-bond donors (Lipinski definition) is 1. The highest BCUT2D eigenvalue weighted by molar-refractivity contribution is 5.92. The summed E-state index contributed by atoms with van der Waals surface area (Å²) < 4.78 is 7.15. The van der Waals surface area contributed by atoms with Gasteiger partial charge in [-0.3, -0.25) is 0 Å². The van der Waals surface area contributed by atoms with E-state index in [-0.39, 0.29) is 6.61 Å². The van der Waals surface area contributed by atoms with Crippen LogP contribution in [0, 0.1) is 0 Å². The van der Waals surface area contributed by atoms with Gasteiger partial charge < -0.3 is 9.84 Å². The first-order chi connectivity index (χ1) is 13.3. The number of para-hydroxylation sites is 1. The largest absolute Gasteiger partial charge is 0.497 e. The minimum absolute atomic E-state index is 0.173. The van der Waals surface area contributed by atoms with Gasteiger partial charge in [-0.2, -0.15) is 5.10 Å². The highest BCUT2D eigenvalue weighted by Gasteiger charge is 2.15. The van der Waals surface area contributed by atoms with Crippen LogP contribution in [-0.2, 0) is 6.42 Å². The van der Waals surface area contributed by atoms with Crippen molar-refractivity contribution >= 4 is 11.0 Å². The molecule has 0 atom stereocenters. The van der Waals surface area contributed by atoms with E-state index in [0.717, 1.165) is 52.1 Å². The van der Waals surface area contributed by atoms with Gasteiger partial charge in [-0.25, -0.2) is 9.67 Å². The number of hydrogen-bond acceptors (Lipinski definition) is 4. The van der Waals surface area contributed by atoms with E-state index in [1.54, 1.807) is 7.11 Å². The Morgan fingerprint density at radius 2 is 1.81 bits per heavy atom. The Labute approximate surface area is 157 Å². The Morgan fingerprint density at radius 3 is 2.52 bits per heavy atom. The quantitative estimate of drug-likeness (QED) is 0.565. The Bertz CT molecular complexity index is 1040. The third-order valence-corrected chi connectivity index (χ3v) is 4.57. The van der Waals surface area contributed by atoms with E-state index < -0.39 is 0 Å². The van der Waals surface area contributed by atoms with E-state index in [1.165, 1.54) is 0 Å². The summed E-state index contributed by atoms with van der Waals surface area (Å²) in [4.78, 5) is 4.68. The van der Waals surface area contributed by atoms with Gasteiger partial charge in [0.05, 0.1) is 12.8 Å². The number of ether oxygens (including phenoxy) is 1. The third-order valence-electron chi connectivity index (χ3n) is 4.57. The van der Waals surface area contributed by atoms with Gasteiger partial charge in [-0.05, 0) is 60.9 Å². The molecule has 5 nitrogen and oxygen atoms in total. The molecular formula is C22H21N3O2. The van der Waals surface area contributed by atoms with Crippen molar-refractivity contribution < 1.29 is 9.84 Å². The van der Waals surface area contributed by atoms with Crippen LogP contribution >= 0.6 is 0 Å². The molecule has 0 aliphatic rings. The Kier molecular flexibility index (Phi) is 4.85. The topological polar surface area (TPSA) is 60.2 Å². The first kappa shape index (κ1) is 17.2. The molecule has 0 bridgehead atoms. The summed E-state index contributed by atoms with van der Waals surface area (Å²) in [6.45, 7) is 0.173. The summed E-state index contributed by atoms with van der Waals surface area (Å²) in [5, 5.41) is 15.0. The van der Waals surface area contributed by atoms with Crippen LogP contribution in [0.5, 0.6) is 5.75 Å². The maximum absolute atomic E-state index is 9.13. The van der Waals surface area contributed by atoms with Crippen molar-refractivity contribution in [1.29, 1.82) is 0 Å². The van der Waals surface area contributed by atoms with Crippen molar-refractivity contribution in [2.75, 3.05) is 13.7 Å². The van der Waals surface area contributed by atoms with Crippen LogP contribution < -0.4 is 4.74 Å².